The molecular weight excluding hydrogens is 420 g/mol. The second kappa shape index (κ2) is 10.0. The van der Waals surface area contributed by atoms with Crippen molar-refractivity contribution in [2.24, 2.45) is 0 Å². The van der Waals surface area contributed by atoms with Crippen LogP contribution in [0.5, 0.6) is 0 Å². The van der Waals surface area contributed by atoms with Crippen LogP contribution in [0.1, 0.15) is 56.7 Å². The van der Waals surface area contributed by atoms with E-state index in [1.807, 2.05) is 27.8 Å². The molecule has 0 aliphatic heterocycles. The number of rotatable bonds is 6. The first-order chi connectivity index (χ1) is 16.3. The highest BCUT2D eigenvalue weighted by molar-refractivity contribution is 5.68. The van der Waals surface area contributed by atoms with Crippen molar-refractivity contribution in [3.8, 4) is 0 Å². The van der Waals surface area contributed by atoms with Gasteiger partial charge in [0.05, 0.1) is 5.54 Å². The minimum absolute atomic E-state index is 0.146. The van der Waals surface area contributed by atoms with Crippen LogP contribution in [-0.4, -0.2) is 35.7 Å². The first kappa shape index (κ1) is 24.0. The molecule has 34 heavy (non-hydrogen) atoms. The summed E-state index contributed by atoms with van der Waals surface area (Å²) in [4.78, 5) is 14.5. The van der Waals surface area contributed by atoms with Gasteiger partial charge in [0.25, 0.3) is 0 Å². The molecule has 1 N–H and O–H groups in total. The zero-order valence-corrected chi connectivity index (χ0v) is 20.7. The summed E-state index contributed by atoms with van der Waals surface area (Å²) in [6.07, 6.45) is 2.57. The fraction of sp³-hybridized carbons (Fsp3) is 0.367. The van der Waals surface area contributed by atoms with E-state index in [0.717, 1.165) is 19.3 Å². The molecule has 4 nitrogen and oxygen atoms in total. The average Bonchev–Trinajstić information content (AvgIpc) is 3.31. The van der Waals surface area contributed by atoms with Crippen LogP contribution in [0.15, 0.2) is 91.0 Å². The van der Waals surface area contributed by atoms with Gasteiger partial charge in [-0.1, -0.05) is 91.0 Å². The maximum absolute atomic E-state index is 12.7. The second-order valence-electron chi connectivity index (χ2n) is 10.2. The molecule has 0 radical (unpaired) electrons. The van der Waals surface area contributed by atoms with E-state index in [0.29, 0.717) is 0 Å². The van der Waals surface area contributed by atoms with Gasteiger partial charge in [0.15, 0.2) is 0 Å². The highest BCUT2D eigenvalue weighted by Gasteiger charge is 2.41. The van der Waals surface area contributed by atoms with Gasteiger partial charge in [0, 0.05) is 19.1 Å². The van der Waals surface area contributed by atoms with Gasteiger partial charge in [-0.25, -0.2) is 4.79 Å². The summed E-state index contributed by atoms with van der Waals surface area (Å²) in [5.74, 6) is 0. The summed E-state index contributed by atoms with van der Waals surface area (Å²) in [5, 5.41) is 4.07. The summed E-state index contributed by atoms with van der Waals surface area (Å²) in [6.45, 7) is 5.73. The smallest absolute Gasteiger partial charge is 0.410 e. The Hall–Kier alpha value is -3.11. The van der Waals surface area contributed by atoms with Gasteiger partial charge < -0.3 is 9.64 Å². The molecule has 2 atom stereocenters. The zero-order valence-electron chi connectivity index (χ0n) is 20.7. The fourth-order valence-corrected chi connectivity index (χ4v) is 5.04. The highest BCUT2D eigenvalue weighted by atomic mass is 16.6. The number of carbonyl (C=O) groups is 1. The fourth-order valence-electron chi connectivity index (χ4n) is 5.04. The molecule has 4 rings (SSSR count). The van der Waals surface area contributed by atoms with Crippen molar-refractivity contribution in [3.63, 3.8) is 0 Å². The standard InChI is InChI=1S/C30H36N2O2/c1-29(2,3)34-28(33)32(4)27-21-20-26(22-27)31-30(23-14-8-5-9-15-23,24-16-10-6-11-17-24)25-18-12-7-13-19-25/h5-19,26-27,31H,20-22H2,1-4H3/t26-,27+/m0/s1. The van der Waals surface area contributed by atoms with Gasteiger partial charge in [-0.05, 0) is 56.7 Å². The lowest BCUT2D eigenvalue weighted by Crippen LogP contribution is -2.49. The average molecular weight is 457 g/mol. The van der Waals surface area contributed by atoms with Crippen LogP contribution in [0.2, 0.25) is 0 Å². The van der Waals surface area contributed by atoms with Crippen molar-refractivity contribution in [1.29, 1.82) is 0 Å². The molecule has 0 spiro atoms. The predicted octanol–water partition coefficient (Wildman–Crippen LogP) is 6.36. The summed E-state index contributed by atoms with van der Waals surface area (Å²) in [7, 11) is 1.86. The Morgan fingerprint density at radius 2 is 1.24 bits per heavy atom. The van der Waals surface area contributed by atoms with Gasteiger partial charge >= 0.3 is 6.09 Å². The van der Waals surface area contributed by atoms with E-state index in [2.05, 4.69) is 96.3 Å². The molecule has 1 amide bonds. The van der Waals surface area contributed by atoms with E-state index in [1.165, 1.54) is 16.7 Å². The molecule has 1 fully saturated rings. The normalized spacial score (nSPS) is 18.5. The molecule has 178 valence electrons. The lowest BCUT2D eigenvalue weighted by molar-refractivity contribution is 0.0225. The largest absolute Gasteiger partial charge is 0.444 e. The maximum atomic E-state index is 12.7. The third-order valence-corrected chi connectivity index (χ3v) is 6.68. The number of carbonyl (C=O) groups excluding carboxylic acids is 1. The summed E-state index contributed by atoms with van der Waals surface area (Å²) < 4.78 is 5.62. The highest BCUT2D eigenvalue weighted by Crippen LogP contribution is 2.39. The minimum Gasteiger partial charge on any atom is -0.444 e. The first-order valence-corrected chi connectivity index (χ1v) is 12.2. The number of benzene rings is 3. The predicted molar refractivity (Wildman–Crippen MR) is 138 cm³/mol. The quantitative estimate of drug-likeness (QED) is 0.439. The van der Waals surface area contributed by atoms with Crippen LogP contribution in [-0.2, 0) is 10.3 Å². The molecule has 0 heterocycles. The van der Waals surface area contributed by atoms with Gasteiger partial charge in [0.2, 0.25) is 0 Å². The molecule has 0 unspecified atom stereocenters. The molecular formula is C30H36N2O2. The Morgan fingerprint density at radius 3 is 1.65 bits per heavy atom. The number of hydrogen-bond acceptors (Lipinski definition) is 3. The van der Waals surface area contributed by atoms with Crippen molar-refractivity contribution in [2.75, 3.05) is 7.05 Å². The maximum Gasteiger partial charge on any atom is 0.410 e. The lowest BCUT2D eigenvalue weighted by atomic mass is 9.76. The topological polar surface area (TPSA) is 41.6 Å². The van der Waals surface area contributed by atoms with Crippen LogP contribution < -0.4 is 5.32 Å². The summed E-state index contributed by atoms with van der Waals surface area (Å²) in [5.41, 5.74) is 2.63. The van der Waals surface area contributed by atoms with Crippen molar-refractivity contribution in [1.82, 2.24) is 10.2 Å². The number of nitrogens with one attached hydrogen (secondary N) is 1. The van der Waals surface area contributed by atoms with Crippen LogP contribution in [0, 0.1) is 0 Å². The van der Waals surface area contributed by atoms with Crippen LogP contribution in [0.4, 0.5) is 4.79 Å². The van der Waals surface area contributed by atoms with Crippen LogP contribution in [0.3, 0.4) is 0 Å². The molecule has 3 aromatic rings. The van der Waals surface area contributed by atoms with E-state index in [1.54, 1.807) is 4.90 Å². The molecule has 0 aromatic heterocycles. The first-order valence-electron chi connectivity index (χ1n) is 12.2. The zero-order chi connectivity index (χ0) is 24.2. The second-order valence-corrected chi connectivity index (χ2v) is 10.2. The van der Waals surface area contributed by atoms with Crippen molar-refractivity contribution in [3.05, 3.63) is 108 Å². The van der Waals surface area contributed by atoms with Gasteiger partial charge in [-0.15, -0.1) is 0 Å². The minimum atomic E-state index is -0.495. The third kappa shape index (κ3) is 5.18. The molecule has 0 bridgehead atoms. The van der Waals surface area contributed by atoms with Crippen molar-refractivity contribution in [2.45, 2.75) is 63.3 Å². The van der Waals surface area contributed by atoms with E-state index < -0.39 is 11.1 Å². The van der Waals surface area contributed by atoms with Crippen molar-refractivity contribution < 1.29 is 9.53 Å². The molecule has 1 aliphatic rings. The molecule has 3 aromatic carbocycles. The molecule has 0 saturated heterocycles. The van der Waals surface area contributed by atoms with E-state index in [-0.39, 0.29) is 18.2 Å². The van der Waals surface area contributed by atoms with Crippen LogP contribution >= 0.6 is 0 Å². The number of nitrogens with zero attached hydrogens (tertiary/aromatic N) is 1. The summed E-state index contributed by atoms with van der Waals surface area (Å²) >= 11 is 0. The number of ether oxygens (including phenoxy) is 1. The molecule has 1 saturated carbocycles. The third-order valence-electron chi connectivity index (χ3n) is 6.68. The van der Waals surface area contributed by atoms with Gasteiger partial charge in [-0.2, -0.15) is 0 Å². The SMILES string of the molecule is CN(C(=O)OC(C)(C)C)[C@@H]1CC[C@H](NC(c2ccccc2)(c2ccccc2)c2ccccc2)C1. The Morgan fingerprint density at radius 1 is 0.794 bits per heavy atom. The lowest BCUT2D eigenvalue weighted by Gasteiger charge is -2.39. The van der Waals surface area contributed by atoms with E-state index in [4.69, 9.17) is 4.74 Å². The van der Waals surface area contributed by atoms with E-state index >= 15 is 0 Å². The van der Waals surface area contributed by atoms with Gasteiger partial charge in [-0.3, -0.25) is 5.32 Å². The summed E-state index contributed by atoms with van der Waals surface area (Å²) in [6, 6.07) is 32.4. The Kier molecular flexibility index (Phi) is 7.08. The Labute approximate surface area is 204 Å². The molecule has 1 aliphatic carbocycles. The number of amides is 1. The van der Waals surface area contributed by atoms with Gasteiger partial charge in [0.1, 0.15) is 5.60 Å². The van der Waals surface area contributed by atoms with Crippen LogP contribution in [0.25, 0.3) is 0 Å². The molecule has 4 heteroatoms. The number of hydrogen-bond donors (Lipinski definition) is 1. The monoisotopic (exact) mass is 456 g/mol. The van der Waals surface area contributed by atoms with E-state index in [9.17, 15) is 4.79 Å². The Bertz CT molecular complexity index is 965. The van der Waals surface area contributed by atoms with Crippen molar-refractivity contribution >= 4 is 6.09 Å². The Balaban J connectivity index is 1.67.